The van der Waals surface area contributed by atoms with E-state index in [1.54, 1.807) is 12.1 Å². The van der Waals surface area contributed by atoms with Gasteiger partial charge < -0.3 is 5.11 Å². The van der Waals surface area contributed by atoms with E-state index in [1.807, 2.05) is 13.0 Å². The van der Waals surface area contributed by atoms with Crippen molar-refractivity contribution in [2.45, 2.75) is 6.92 Å². The molecule has 0 fully saturated rings. The summed E-state index contributed by atoms with van der Waals surface area (Å²) in [6.45, 7) is 1.82. The van der Waals surface area contributed by atoms with E-state index in [0.29, 0.717) is 0 Å². The van der Waals surface area contributed by atoms with Gasteiger partial charge in [0.05, 0.1) is 0 Å². The van der Waals surface area contributed by atoms with E-state index in [1.165, 1.54) is 12.1 Å². The first-order chi connectivity index (χ1) is 6.16. The summed E-state index contributed by atoms with van der Waals surface area (Å²) in [6.07, 6.45) is 0. The van der Waals surface area contributed by atoms with E-state index in [4.69, 9.17) is 0 Å². The maximum absolute atomic E-state index is 12.8. The lowest BCUT2D eigenvalue weighted by atomic mass is 10.1. The summed E-state index contributed by atoms with van der Waals surface area (Å²) in [4.78, 5) is 0. The van der Waals surface area contributed by atoms with Crippen molar-refractivity contribution in [1.82, 2.24) is 0 Å². The fraction of sp³-hybridized carbons (Fsp3) is 0.0909. The number of benzene rings is 2. The molecule has 13 heavy (non-hydrogen) atoms. The molecule has 0 aliphatic carbocycles. The lowest BCUT2D eigenvalue weighted by molar-refractivity contribution is 0.472. The molecule has 0 amide bonds. The van der Waals surface area contributed by atoms with E-state index in [0.717, 1.165) is 16.3 Å². The minimum Gasteiger partial charge on any atom is -0.508 e. The van der Waals surface area contributed by atoms with Crippen molar-refractivity contribution in [3.8, 4) is 5.75 Å². The standard InChI is InChI=1S/C11H9FO/c1-7-4-8-2-3-10(12)5-9(8)6-11(7)13/h2-6,13H,1H3. The predicted molar refractivity (Wildman–Crippen MR) is 50.3 cm³/mol. The van der Waals surface area contributed by atoms with Crippen LogP contribution >= 0.6 is 0 Å². The minimum absolute atomic E-state index is 0.207. The highest BCUT2D eigenvalue weighted by molar-refractivity contribution is 5.84. The molecule has 0 atom stereocenters. The van der Waals surface area contributed by atoms with Crippen LogP contribution in [0.5, 0.6) is 5.75 Å². The lowest BCUT2D eigenvalue weighted by Gasteiger charge is -2.02. The lowest BCUT2D eigenvalue weighted by Crippen LogP contribution is -1.79. The number of aryl methyl sites for hydroxylation is 1. The summed E-state index contributed by atoms with van der Waals surface area (Å²) in [6, 6.07) is 7.95. The summed E-state index contributed by atoms with van der Waals surface area (Å²) >= 11 is 0. The van der Waals surface area contributed by atoms with E-state index in [-0.39, 0.29) is 11.6 Å². The van der Waals surface area contributed by atoms with Crippen LogP contribution in [0, 0.1) is 12.7 Å². The minimum atomic E-state index is -0.282. The van der Waals surface area contributed by atoms with Crippen molar-refractivity contribution < 1.29 is 9.50 Å². The second kappa shape index (κ2) is 2.73. The Hall–Kier alpha value is -1.57. The normalized spacial score (nSPS) is 10.6. The Labute approximate surface area is 75.4 Å². The molecule has 0 saturated carbocycles. The monoisotopic (exact) mass is 176 g/mol. The first-order valence-corrected chi connectivity index (χ1v) is 4.06. The SMILES string of the molecule is Cc1cc2ccc(F)cc2cc1O. The van der Waals surface area contributed by atoms with Gasteiger partial charge >= 0.3 is 0 Å². The zero-order valence-electron chi connectivity index (χ0n) is 7.21. The Bertz CT molecular complexity index is 463. The molecule has 66 valence electrons. The van der Waals surface area contributed by atoms with Crippen molar-refractivity contribution in [1.29, 1.82) is 0 Å². The molecule has 0 spiro atoms. The van der Waals surface area contributed by atoms with E-state index < -0.39 is 0 Å². The number of aromatic hydroxyl groups is 1. The van der Waals surface area contributed by atoms with Gasteiger partial charge in [-0.3, -0.25) is 0 Å². The van der Waals surface area contributed by atoms with Crippen LogP contribution in [0.4, 0.5) is 4.39 Å². The Morgan fingerprint density at radius 2 is 1.85 bits per heavy atom. The Kier molecular flexibility index (Phi) is 1.69. The van der Waals surface area contributed by atoms with Crippen LogP contribution in [0.1, 0.15) is 5.56 Å². The highest BCUT2D eigenvalue weighted by Gasteiger charge is 2.00. The highest BCUT2D eigenvalue weighted by atomic mass is 19.1. The summed E-state index contributed by atoms with van der Waals surface area (Å²) in [5.41, 5.74) is 0.805. The van der Waals surface area contributed by atoms with Gasteiger partial charge in [-0.1, -0.05) is 6.07 Å². The summed E-state index contributed by atoms with van der Waals surface area (Å²) < 4.78 is 12.8. The van der Waals surface area contributed by atoms with Crippen LogP contribution in [0.15, 0.2) is 30.3 Å². The fourth-order valence-electron chi connectivity index (χ4n) is 1.37. The molecule has 1 nitrogen and oxygen atoms in total. The van der Waals surface area contributed by atoms with Gasteiger partial charge in [-0.05, 0) is 47.5 Å². The quantitative estimate of drug-likeness (QED) is 0.654. The third-order valence-electron chi connectivity index (χ3n) is 2.12. The molecular weight excluding hydrogens is 167 g/mol. The molecule has 2 rings (SSSR count). The van der Waals surface area contributed by atoms with Crippen molar-refractivity contribution in [2.24, 2.45) is 0 Å². The molecule has 0 radical (unpaired) electrons. The van der Waals surface area contributed by atoms with Gasteiger partial charge in [0.1, 0.15) is 11.6 Å². The number of fused-ring (bicyclic) bond motifs is 1. The fourth-order valence-corrected chi connectivity index (χ4v) is 1.37. The number of phenolic OH excluding ortho intramolecular Hbond substituents is 1. The first kappa shape index (κ1) is 8.05. The molecule has 0 saturated heterocycles. The number of hydrogen-bond donors (Lipinski definition) is 1. The third kappa shape index (κ3) is 1.35. The number of rotatable bonds is 0. The molecule has 0 aliphatic rings. The average Bonchev–Trinajstić information content (AvgIpc) is 2.08. The number of hydrogen-bond acceptors (Lipinski definition) is 1. The first-order valence-electron chi connectivity index (χ1n) is 4.06. The zero-order chi connectivity index (χ0) is 9.42. The van der Waals surface area contributed by atoms with Crippen LogP contribution < -0.4 is 0 Å². The molecular formula is C11H9FO. The second-order valence-corrected chi connectivity index (χ2v) is 3.13. The largest absolute Gasteiger partial charge is 0.508 e. The van der Waals surface area contributed by atoms with Crippen LogP contribution in [0.3, 0.4) is 0 Å². The maximum Gasteiger partial charge on any atom is 0.123 e. The average molecular weight is 176 g/mol. The number of phenols is 1. The molecule has 1 N–H and O–H groups in total. The molecule has 0 heterocycles. The molecule has 2 aromatic rings. The van der Waals surface area contributed by atoms with Crippen LogP contribution in [0.25, 0.3) is 10.8 Å². The van der Waals surface area contributed by atoms with Crippen molar-refractivity contribution in [3.63, 3.8) is 0 Å². The van der Waals surface area contributed by atoms with Crippen LogP contribution in [0.2, 0.25) is 0 Å². The van der Waals surface area contributed by atoms with Gasteiger partial charge in [-0.15, -0.1) is 0 Å². The Balaban J connectivity index is 2.81. The number of halogens is 1. The smallest absolute Gasteiger partial charge is 0.123 e. The van der Waals surface area contributed by atoms with E-state index in [9.17, 15) is 9.50 Å². The molecule has 0 aromatic heterocycles. The van der Waals surface area contributed by atoms with Gasteiger partial charge in [0.2, 0.25) is 0 Å². The maximum atomic E-state index is 12.8. The van der Waals surface area contributed by atoms with Gasteiger partial charge in [-0.25, -0.2) is 4.39 Å². The van der Waals surface area contributed by atoms with Gasteiger partial charge in [0.15, 0.2) is 0 Å². The van der Waals surface area contributed by atoms with Crippen LogP contribution in [-0.4, -0.2) is 5.11 Å². The van der Waals surface area contributed by atoms with Crippen LogP contribution in [-0.2, 0) is 0 Å². The van der Waals surface area contributed by atoms with Crippen molar-refractivity contribution >= 4 is 10.8 Å². The van der Waals surface area contributed by atoms with Gasteiger partial charge in [-0.2, -0.15) is 0 Å². The zero-order valence-corrected chi connectivity index (χ0v) is 7.21. The third-order valence-corrected chi connectivity index (χ3v) is 2.12. The highest BCUT2D eigenvalue weighted by Crippen LogP contribution is 2.24. The van der Waals surface area contributed by atoms with Gasteiger partial charge in [0.25, 0.3) is 0 Å². The predicted octanol–water partition coefficient (Wildman–Crippen LogP) is 2.99. The second-order valence-electron chi connectivity index (χ2n) is 3.13. The molecule has 0 aliphatic heterocycles. The van der Waals surface area contributed by atoms with E-state index >= 15 is 0 Å². The molecule has 0 bridgehead atoms. The topological polar surface area (TPSA) is 20.2 Å². The molecule has 2 heteroatoms. The van der Waals surface area contributed by atoms with Gasteiger partial charge in [0, 0.05) is 0 Å². The molecule has 0 unspecified atom stereocenters. The van der Waals surface area contributed by atoms with E-state index in [2.05, 4.69) is 0 Å². The summed E-state index contributed by atoms with van der Waals surface area (Å²) in [7, 11) is 0. The summed E-state index contributed by atoms with van der Waals surface area (Å²) in [5, 5.41) is 11.1. The Morgan fingerprint density at radius 3 is 2.62 bits per heavy atom. The van der Waals surface area contributed by atoms with Crippen molar-refractivity contribution in [2.75, 3.05) is 0 Å². The Morgan fingerprint density at radius 1 is 1.08 bits per heavy atom. The summed E-state index contributed by atoms with van der Waals surface area (Å²) in [5.74, 6) is -0.0751. The molecule has 2 aromatic carbocycles. The van der Waals surface area contributed by atoms with Crippen molar-refractivity contribution in [3.05, 3.63) is 41.7 Å².